The van der Waals surface area contributed by atoms with Gasteiger partial charge in [-0.15, -0.1) is 0 Å². The number of carbonyl (C=O) groups excluding carboxylic acids is 1. The molecule has 0 amide bonds. The van der Waals surface area contributed by atoms with Crippen molar-refractivity contribution in [3.63, 3.8) is 0 Å². The second-order valence-corrected chi connectivity index (χ2v) is 8.25. The summed E-state index contributed by atoms with van der Waals surface area (Å²) in [7, 11) is 3.90. The summed E-state index contributed by atoms with van der Waals surface area (Å²) in [5, 5.41) is 0. The molecule has 2 fully saturated rings. The van der Waals surface area contributed by atoms with Crippen molar-refractivity contribution in [1.82, 2.24) is 4.90 Å². The molecule has 4 aliphatic rings. The lowest BCUT2D eigenvalue weighted by molar-refractivity contribution is -0.138. The fraction of sp³-hybridized carbons (Fsp3) is 0.611. The van der Waals surface area contributed by atoms with Crippen molar-refractivity contribution in [2.45, 2.75) is 43.2 Å². The van der Waals surface area contributed by atoms with Gasteiger partial charge in [0.25, 0.3) is 0 Å². The molecule has 0 N–H and O–H groups in total. The van der Waals surface area contributed by atoms with Gasteiger partial charge < -0.3 is 14.4 Å². The number of ether oxygens (including phenoxy) is 2. The number of benzene rings is 1. The third kappa shape index (κ3) is 1.53. The monoisotopic (exact) mass is 377 g/mol. The van der Waals surface area contributed by atoms with Crippen LogP contribution in [0.4, 0.5) is 0 Å². The van der Waals surface area contributed by atoms with Crippen LogP contribution >= 0.6 is 15.9 Å². The summed E-state index contributed by atoms with van der Waals surface area (Å²) in [4.78, 5) is 15.2. The van der Waals surface area contributed by atoms with Crippen LogP contribution in [0.15, 0.2) is 10.5 Å². The van der Waals surface area contributed by atoms with Gasteiger partial charge in [-0.25, -0.2) is 0 Å². The first-order valence-corrected chi connectivity index (χ1v) is 9.16. The topological polar surface area (TPSA) is 38.8 Å². The zero-order valence-corrected chi connectivity index (χ0v) is 15.0. The normalized spacial score (nSPS) is 37.3. The van der Waals surface area contributed by atoms with Crippen molar-refractivity contribution in [3.05, 3.63) is 21.7 Å². The minimum Gasteiger partial charge on any atom is -0.493 e. The fourth-order valence-corrected chi connectivity index (χ4v) is 6.27. The number of Topliss-reactive ketones (excluding diaryl/α,β-unsaturated/α-hetero) is 1. The Morgan fingerprint density at radius 1 is 1.48 bits per heavy atom. The maximum absolute atomic E-state index is 12.7. The Morgan fingerprint density at radius 3 is 3.09 bits per heavy atom. The van der Waals surface area contributed by atoms with Gasteiger partial charge in [0.05, 0.1) is 7.11 Å². The first-order valence-electron chi connectivity index (χ1n) is 8.37. The first-order chi connectivity index (χ1) is 11.1. The molecule has 23 heavy (non-hydrogen) atoms. The Balaban J connectivity index is 1.84. The molecular weight excluding hydrogens is 358 g/mol. The first kappa shape index (κ1) is 14.3. The number of hydrogen-bond donors (Lipinski definition) is 0. The Bertz CT molecular complexity index is 733. The predicted molar refractivity (Wildman–Crippen MR) is 89.3 cm³/mol. The molecule has 0 radical (unpaired) electrons. The van der Waals surface area contributed by atoms with Crippen LogP contribution < -0.4 is 9.47 Å². The van der Waals surface area contributed by atoms with E-state index in [-0.39, 0.29) is 17.3 Å². The van der Waals surface area contributed by atoms with Crippen molar-refractivity contribution in [1.29, 1.82) is 0 Å². The molecule has 0 aromatic heterocycles. The largest absolute Gasteiger partial charge is 0.493 e. The molecule has 5 rings (SSSR count). The lowest BCUT2D eigenvalue weighted by Crippen LogP contribution is -2.65. The molecule has 1 spiro atoms. The summed E-state index contributed by atoms with van der Waals surface area (Å²) < 4.78 is 13.0. The number of likely N-dealkylation sites (N-methyl/N-ethyl adjacent to an activating group) is 1. The number of hydrogen-bond acceptors (Lipinski definition) is 4. The molecule has 2 heterocycles. The van der Waals surface area contributed by atoms with E-state index in [1.54, 1.807) is 7.11 Å². The highest BCUT2D eigenvalue weighted by Crippen LogP contribution is 2.64. The molecule has 1 saturated heterocycles. The number of nitrogens with zero attached hydrogens (tertiary/aromatic N) is 1. The van der Waals surface area contributed by atoms with Crippen LogP contribution in [0.5, 0.6) is 11.5 Å². The molecule has 4 unspecified atom stereocenters. The minimum absolute atomic E-state index is 0.132. The summed E-state index contributed by atoms with van der Waals surface area (Å²) in [5.41, 5.74) is 2.47. The van der Waals surface area contributed by atoms with Gasteiger partial charge in [-0.3, -0.25) is 4.79 Å². The Morgan fingerprint density at radius 2 is 2.30 bits per heavy atom. The van der Waals surface area contributed by atoms with E-state index in [1.165, 1.54) is 11.1 Å². The molecule has 1 saturated carbocycles. The van der Waals surface area contributed by atoms with E-state index in [4.69, 9.17) is 9.47 Å². The number of methoxy groups -OCH3 is 1. The van der Waals surface area contributed by atoms with Crippen LogP contribution in [0, 0.1) is 5.92 Å². The summed E-state index contributed by atoms with van der Waals surface area (Å²) >= 11 is 3.74. The highest BCUT2D eigenvalue weighted by molar-refractivity contribution is 9.10. The summed E-state index contributed by atoms with van der Waals surface area (Å²) in [6.07, 6.45) is 3.35. The van der Waals surface area contributed by atoms with Gasteiger partial charge in [-0.2, -0.15) is 0 Å². The summed E-state index contributed by atoms with van der Waals surface area (Å²) in [5.74, 6) is 2.37. The Hall–Kier alpha value is -1.07. The third-order valence-corrected chi connectivity index (χ3v) is 7.37. The summed E-state index contributed by atoms with van der Waals surface area (Å²) in [6, 6.07) is 2.51. The molecule has 2 aliphatic carbocycles. The molecule has 4 atom stereocenters. The minimum atomic E-state index is -0.310. The molecule has 122 valence electrons. The van der Waals surface area contributed by atoms with Crippen molar-refractivity contribution in [2.75, 3.05) is 20.7 Å². The van der Waals surface area contributed by atoms with Crippen LogP contribution in [-0.2, 0) is 16.6 Å². The Kier molecular flexibility index (Phi) is 2.80. The van der Waals surface area contributed by atoms with E-state index in [0.717, 1.165) is 41.8 Å². The molecule has 2 aliphatic heterocycles. The van der Waals surface area contributed by atoms with E-state index in [0.29, 0.717) is 18.4 Å². The van der Waals surface area contributed by atoms with E-state index in [2.05, 4.69) is 27.9 Å². The molecule has 1 aromatic carbocycles. The molecule has 2 bridgehead atoms. The lowest BCUT2D eigenvalue weighted by Gasteiger charge is -2.57. The van der Waals surface area contributed by atoms with Gasteiger partial charge in [0.1, 0.15) is 0 Å². The van der Waals surface area contributed by atoms with Gasteiger partial charge in [0, 0.05) is 27.9 Å². The highest BCUT2D eigenvalue weighted by Gasteiger charge is 2.65. The van der Waals surface area contributed by atoms with Crippen LogP contribution in [0.1, 0.15) is 30.4 Å². The Labute approximate surface area is 144 Å². The van der Waals surface area contributed by atoms with E-state index < -0.39 is 0 Å². The SMILES string of the molecule is COc1cc(Br)c2c3c1OC1C(=O)CCC4C(C2)N(C)CCC314. The number of rotatable bonds is 1. The fourth-order valence-electron chi connectivity index (χ4n) is 5.70. The lowest BCUT2D eigenvalue weighted by atomic mass is 9.52. The van der Waals surface area contributed by atoms with Crippen LogP contribution in [0.25, 0.3) is 0 Å². The smallest absolute Gasteiger partial charge is 0.174 e. The number of carbonyl (C=O) groups is 1. The number of halogens is 1. The van der Waals surface area contributed by atoms with Gasteiger partial charge in [-0.1, -0.05) is 15.9 Å². The number of likely N-dealkylation sites (tertiary alicyclic amines) is 1. The molecule has 1 aromatic rings. The zero-order chi connectivity index (χ0) is 15.9. The second kappa shape index (κ2) is 4.51. The maximum Gasteiger partial charge on any atom is 0.174 e. The average molecular weight is 378 g/mol. The molecule has 4 nitrogen and oxygen atoms in total. The van der Waals surface area contributed by atoms with E-state index >= 15 is 0 Å². The predicted octanol–water partition coefficient (Wildman–Crippen LogP) is 2.70. The second-order valence-electron chi connectivity index (χ2n) is 7.40. The number of ketones is 1. The summed E-state index contributed by atoms with van der Waals surface area (Å²) in [6.45, 7) is 1.03. The molecular formula is C18H20BrNO3. The molecule has 5 heteroatoms. The quantitative estimate of drug-likeness (QED) is 0.754. The van der Waals surface area contributed by atoms with Crippen LogP contribution in [0.2, 0.25) is 0 Å². The van der Waals surface area contributed by atoms with Gasteiger partial charge in [-0.05, 0) is 50.4 Å². The van der Waals surface area contributed by atoms with E-state index in [9.17, 15) is 4.79 Å². The highest BCUT2D eigenvalue weighted by atomic mass is 79.9. The zero-order valence-electron chi connectivity index (χ0n) is 13.4. The van der Waals surface area contributed by atoms with Gasteiger partial charge in [0.2, 0.25) is 0 Å². The van der Waals surface area contributed by atoms with Crippen LogP contribution in [0.3, 0.4) is 0 Å². The number of piperidine rings is 1. The third-order valence-electron chi connectivity index (χ3n) is 6.67. The van der Waals surface area contributed by atoms with Crippen molar-refractivity contribution >= 4 is 21.7 Å². The van der Waals surface area contributed by atoms with Gasteiger partial charge >= 0.3 is 0 Å². The average Bonchev–Trinajstić information content (AvgIpc) is 2.89. The van der Waals surface area contributed by atoms with E-state index in [1.807, 2.05) is 6.07 Å². The van der Waals surface area contributed by atoms with Crippen LogP contribution in [-0.4, -0.2) is 43.5 Å². The van der Waals surface area contributed by atoms with Crippen molar-refractivity contribution in [2.24, 2.45) is 5.92 Å². The van der Waals surface area contributed by atoms with Crippen molar-refractivity contribution < 1.29 is 14.3 Å². The maximum atomic E-state index is 12.7. The van der Waals surface area contributed by atoms with Gasteiger partial charge in [0.15, 0.2) is 23.4 Å². The van der Waals surface area contributed by atoms with Crippen molar-refractivity contribution in [3.8, 4) is 11.5 Å². The standard InChI is InChI=1S/C18H20BrNO3/c1-20-6-5-18-10-3-4-13(21)17(18)23-16-14(22-2)8-11(19)9(15(16)18)7-12(10)20/h8,10,12,17H,3-7H2,1-2H3.